The highest BCUT2D eigenvalue weighted by atomic mass is 16.1. The molecule has 0 aliphatic heterocycles. The highest BCUT2D eigenvalue weighted by Gasteiger charge is 2.16. The first kappa shape index (κ1) is 16.9. The van der Waals surface area contributed by atoms with Gasteiger partial charge in [0.1, 0.15) is 0 Å². The van der Waals surface area contributed by atoms with Gasteiger partial charge in [0.2, 0.25) is 0 Å². The Morgan fingerprint density at radius 3 is 2.64 bits per heavy atom. The number of nitrogens with zero attached hydrogens (tertiary/aromatic N) is 3. The van der Waals surface area contributed by atoms with Gasteiger partial charge in [-0.3, -0.25) is 14.5 Å². The van der Waals surface area contributed by atoms with Crippen molar-refractivity contribution in [2.24, 2.45) is 0 Å². The number of benzene rings is 1. The van der Waals surface area contributed by atoms with E-state index < -0.39 is 0 Å². The molecule has 0 saturated carbocycles. The van der Waals surface area contributed by atoms with E-state index in [4.69, 9.17) is 0 Å². The van der Waals surface area contributed by atoms with Crippen LogP contribution in [0.1, 0.15) is 34.2 Å². The minimum absolute atomic E-state index is 0.0768. The summed E-state index contributed by atoms with van der Waals surface area (Å²) in [6.07, 6.45) is 4.90. The normalized spacial score (nSPS) is 10.6. The minimum atomic E-state index is -0.0768. The molecule has 2 heterocycles. The van der Waals surface area contributed by atoms with Crippen LogP contribution in [0.15, 0.2) is 60.9 Å². The van der Waals surface area contributed by atoms with E-state index in [1.54, 1.807) is 12.4 Å². The molecule has 0 spiro atoms. The van der Waals surface area contributed by atoms with Crippen LogP contribution in [0.3, 0.4) is 0 Å². The summed E-state index contributed by atoms with van der Waals surface area (Å²) < 4.78 is 1.91. The smallest absolute Gasteiger partial charge is 0.254 e. The summed E-state index contributed by atoms with van der Waals surface area (Å²) >= 11 is 0. The van der Waals surface area contributed by atoms with Gasteiger partial charge in [-0.15, -0.1) is 0 Å². The van der Waals surface area contributed by atoms with E-state index in [1.165, 1.54) is 5.56 Å². The van der Waals surface area contributed by atoms with E-state index in [1.807, 2.05) is 48.0 Å². The number of nitrogens with one attached hydrogen (secondary N) is 1. The number of amides is 1. The largest absolute Gasteiger partial charge is 0.352 e. The van der Waals surface area contributed by atoms with E-state index in [2.05, 4.69) is 27.5 Å². The third-order valence-corrected chi connectivity index (χ3v) is 4.10. The molecule has 3 aromatic rings. The molecule has 0 aliphatic rings. The Hall–Kier alpha value is -2.95. The predicted molar refractivity (Wildman–Crippen MR) is 97.4 cm³/mol. The minimum Gasteiger partial charge on any atom is -0.352 e. The summed E-state index contributed by atoms with van der Waals surface area (Å²) in [5.74, 6) is -0.0768. The van der Waals surface area contributed by atoms with Crippen LogP contribution in [0, 0.1) is 0 Å². The zero-order valence-electron chi connectivity index (χ0n) is 14.4. The molecular weight excluding hydrogens is 312 g/mol. The van der Waals surface area contributed by atoms with Gasteiger partial charge in [-0.2, -0.15) is 5.10 Å². The zero-order chi connectivity index (χ0) is 17.5. The predicted octanol–water partition coefficient (Wildman–Crippen LogP) is 2.86. The van der Waals surface area contributed by atoms with Crippen molar-refractivity contribution in [1.82, 2.24) is 20.1 Å². The maximum absolute atomic E-state index is 12.5. The Bertz CT molecular complexity index is 812. The van der Waals surface area contributed by atoms with Crippen LogP contribution in [-0.4, -0.2) is 27.2 Å². The first-order chi connectivity index (χ1) is 12.3. The number of hydrogen-bond donors (Lipinski definition) is 1. The molecule has 0 unspecified atom stereocenters. The quantitative estimate of drug-likeness (QED) is 0.723. The van der Waals surface area contributed by atoms with E-state index >= 15 is 0 Å². The zero-order valence-corrected chi connectivity index (χ0v) is 14.4. The van der Waals surface area contributed by atoms with E-state index in [0.29, 0.717) is 25.1 Å². The highest BCUT2D eigenvalue weighted by molar-refractivity contribution is 5.95. The fraction of sp³-hybridized carbons (Fsp3) is 0.250. The van der Waals surface area contributed by atoms with Gasteiger partial charge < -0.3 is 5.32 Å². The van der Waals surface area contributed by atoms with Gasteiger partial charge in [0.25, 0.3) is 5.91 Å². The van der Waals surface area contributed by atoms with Crippen molar-refractivity contribution in [3.8, 4) is 0 Å². The molecule has 1 amide bonds. The second-order valence-electron chi connectivity index (χ2n) is 5.83. The molecule has 0 atom stereocenters. The molecular formula is C20H22N4O. The lowest BCUT2D eigenvalue weighted by Gasteiger charge is -2.09. The number of pyridine rings is 1. The van der Waals surface area contributed by atoms with Gasteiger partial charge in [-0.1, -0.05) is 43.3 Å². The Labute approximate surface area is 147 Å². The average molecular weight is 334 g/mol. The SMILES string of the molecule is CCc1c(C(=O)NCCc2ccccn2)cnn1Cc1ccccc1. The molecule has 2 aromatic heterocycles. The lowest BCUT2D eigenvalue weighted by atomic mass is 10.1. The highest BCUT2D eigenvalue weighted by Crippen LogP contribution is 2.12. The van der Waals surface area contributed by atoms with Gasteiger partial charge in [-0.05, 0) is 24.1 Å². The molecule has 5 nitrogen and oxygen atoms in total. The van der Waals surface area contributed by atoms with Crippen molar-refractivity contribution in [2.75, 3.05) is 6.54 Å². The van der Waals surface area contributed by atoms with Crippen LogP contribution < -0.4 is 5.32 Å². The van der Waals surface area contributed by atoms with Crippen molar-refractivity contribution in [1.29, 1.82) is 0 Å². The summed E-state index contributed by atoms with van der Waals surface area (Å²) in [5.41, 5.74) is 3.75. The third-order valence-electron chi connectivity index (χ3n) is 4.10. The Morgan fingerprint density at radius 2 is 1.92 bits per heavy atom. The van der Waals surface area contributed by atoms with Crippen molar-refractivity contribution in [3.63, 3.8) is 0 Å². The van der Waals surface area contributed by atoms with Gasteiger partial charge >= 0.3 is 0 Å². The molecule has 0 fully saturated rings. The van der Waals surface area contributed by atoms with E-state index in [0.717, 1.165) is 17.8 Å². The van der Waals surface area contributed by atoms with Gasteiger partial charge in [0, 0.05) is 24.9 Å². The Morgan fingerprint density at radius 1 is 1.12 bits per heavy atom. The summed E-state index contributed by atoms with van der Waals surface area (Å²) in [7, 11) is 0. The summed E-state index contributed by atoms with van der Waals surface area (Å²) in [4.78, 5) is 16.8. The molecule has 3 rings (SSSR count). The molecule has 0 bridgehead atoms. The van der Waals surface area contributed by atoms with Crippen LogP contribution in [0.5, 0.6) is 0 Å². The molecule has 1 aromatic carbocycles. The summed E-state index contributed by atoms with van der Waals surface area (Å²) in [5, 5.41) is 7.38. The van der Waals surface area contributed by atoms with E-state index in [-0.39, 0.29) is 5.91 Å². The van der Waals surface area contributed by atoms with Crippen molar-refractivity contribution < 1.29 is 4.79 Å². The number of aromatic nitrogens is 3. The monoisotopic (exact) mass is 334 g/mol. The maximum Gasteiger partial charge on any atom is 0.254 e. The number of carbonyl (C=O) groups is 1. The molecule has 0 saturated heterocycles. The van der Waals surface area contributed by atoms with E-state index in [9.17, 15) is 4.79 Å². The molecule has 0 radical (unpaired) electrons. The maximum atomic E-state index is 12.5. The lowest BCUT2D eigenvalue weighted by Crippen LogP contribution is -2.26. The van der Waals surface area contributed by atoms with Crippen molar-refractivity contribution in [2.45, 2.75) is 26.3 Å². The van der Waals surface area contributed by atoms with Crippen LogP contribution in [0.4, 0.5) is 0 Å². The second kappa shape index (κ2) is 8.24. The number of rotatable bonds is 7. The van der Waals surface area contributed by atoms with Gasteiger partial charge in [0.05, 0.1) is 24.0 Å². The van der Waals surface area contributed by atoms with Crippen molar-refractivity contribution >= 4 is 5.91 Å². The number of carbonyl (C=O) groups excluding carboxylic acids is 1. The van der Waals surface area contributed by atoms with Crippen LogP contribution in [-0.2, 0) is 19.4 Å². The van der Waals surface area contributed by atoms with Crippen LogP contribution >= 0.6 is 0 Å². The van der Waals surface area contributed by atoms with Gasteiger partial charge in [0.15, 0.2) is 0 Å². The van der Waals surface area contributed by atoms with Crippen LogP contribution in [0.2, 0.25) is 0 Å². The standard InChI is InChI=1S/C20H22N4O/c1-2-19-18(14-23-24(19)15-16-8-4-3-5-9-16)20(25)22-13-11-17-10-6-7-12-21-17/h3-10,12,14H,2,11,13,15H2,1H3,(H,22,25). The summed E-state index contributed by atoms with van der Waals surface area (Å²) in [6.45, 7) is 3.28. The summed E-state index contributed by atoms with van der Waals surface area (Å²) in [6, 6.07) is 15.9. The number of hydrogen-bond acceptors (Lipinski definition) is 3. The topological polar surface area (TPSA) is 59.8 Å². The van der Waals surface area contributed by atoms with Crippen molar-refractivity contribution in [3.05, 3.63) is 83.4 Å². The molecule has 0 aliphatic carbocycles. The lowest BCUT2D eigenvalue weighted by molar-refractivity contribution is 0.0953. The third kappa shape index (κ3) is 4.32. The second-order valence-corrected chi connectivity index (χ2v) is 5.83. The Kier molecular flexibility index (Phi) is 5.57. The first-order valence-corrected chi connectivity index (χ1v) is 8.54. The van der Waals surface area contributed by atoms with Gasteiger partial charge in [-0.25, -0.2) is 0 Å². The van der Waals surface area contributed by atoms with Crippen LogP contribution in [0.25, 0.3) is 0 Å². The Balaban J connectivity index is 1.64. The average Bonchev–Trinajstić information content (AvgIpc) is 3.06. The molecule has 5 heteroatoms. The fourth-order valence-electron chi connectivity index (χ4n) is 2.81. The molecule has 1 N–H and O–H groups in total. The molecule has 25 heavy (non-hydrogen) atoms. The first-order valence-electron chi connectivity index (χ1n) is 8.54. The fourth-order valence-corrected chi connectivity index (χ4v) is 2.81. The molecule has 128 valence electrons.